The van der Waals surface area contributed by atoms with Crippen molar-refractivity contribution in [2.75, 3.05) is 6.54 Å². The van der Waals surface area contributed by atoms with Gasteiger partial charge < -0.3 is 15.1 Å². The standard InChI is InChI=1S/C13H15I2NO4/c1-3-16(7(2)4-11(17)18)13(20)9-5-8(14)6-10(15)12(9)19/h5-7,19H,3-4H2,1-2H3,(H,17,18). The number of phenolic OH excluding ortho intramolecular Hbond substituents is 1. The Balaban J connectivity index is 3.11. The van der Waals surface area contributed by atoms with Crippen molar-refractivity contribution in [1.29, 1.82) is 0 Å². The number of hydrogen-bond donors (Lipinski definition) is 2. The lowest BCUT2D eigenvalue weighted by molar-refractivity contribution is -0.138. The maximum absolute atomic E-state index is 12.5. The van der Waals surface area contributed by atoms with Crippen LogP contribution >= 0.6 is 45.2 Å². The SMILES string of the molecule is CCN(C(=O)c1cc(I)cc(I)c1O)C(C)CC(=O)O. The molecule has 0 spiro atoms. The monoisotopic (exact) mass is 503 g/mol. The van der Waals surface area contributed by atoms with Crippen molar-refractivity contribution in [3.8, 4) is 5.75 Å². The van der Waals surface area contributed by atoms with Crippen LogP contribution < -0.4 is 0 Å². The van der Waals surface area contributed by atoms with Gasteiger partial charge in [0.25, 0.3) is 5.91 Å². The van der Waals surface area contributed by atoms with E-state index in [0.29, 0.717) is 10.1 Å². The Morgan fingerprint density at radius 3 is 2.45 bits per heavy atom. The van der Waals surface area contributed by atoms with Gasteiger partial charge in [0.15, 0.2) is 0 Å². The normalized spacial score (nSPS) is 12.0. The number of rotatable bonds is 5. The molecule has 110 valence electrons. The molecule has 1 unspecified atom stereocenters. The van der Waals surface area contributed by atoms with Crippen LogP contribution in [-0.2, 0) is 4.79 Å². The van der Waals surface area contributed by atoms with E-state index in [4.69, 9.17) is 5.11 Å². The fourth-order valence-corrected chi connectivity index (χ4v) is 3.75. The number of aliphatic carboxylic acids is 1. The van der Waals surface area contributed by atoms with Crippen molar-refractivity contribution in [2.24, 2.45) is 0 Å². The quantitative estimate of drug-likeness (QED) is 0.607. The number of amides is 1. The number of carboxylic acids is 1. The molecule has 0 heterocycles. The summed E-state index contributed by atoms with van der Waals surface area (Å²) in [6.07, 6.45) is -0.124. The second-order valence-electron chi connectivity index (χ2n) is 4.32. The minimum Gasteiger partial charge on any atom is -0.506 e. The zero-order valence-corrected chi connectivity index (χ0v) is 15.4. The van der Waals surface area contributed by atoms with Gasteiger partial charge in [-0.05, 0) is 71.2 Å². The molecule has 0 saturated carbocycles. The van der Waals surface area contributed by atoms with Crippen molar-refractivity contribution in [3.05, 3.63) is 24.8 Å². The number of carboxylic acid groups (broad SMARTS) is 1. The average molecular weight is 503 g/mol. The molecule has 0 aliphatic rings. The van der Waals surface area contributed by atoms with Crippen LogP contribution in [0.1, 0.15) is 30.6 Å². The fraction of sp³-hybridized carbons (Fsp3) is 0.385. The van der Waals surface area contributed by atoms with E-state index in [-0.39, 0.29) is 23.6 Å². The highest BCUT2D eigenvalue weighted by atomic mass is 127. The minimum atomic E-state index is -0.954. The largest absolute Gasteiger partial charge is 0.506 e. The third kappa shape index (κ3) is 4.21. The molecule has 0 aromatic heterocycles. The topological polar surface area (TPSA) is 77.8 Å². The highest BCUT2D eigenvalue weighted by Gasteiger charge is 2.25. The molecule has 1 atom stereocenters. The summed E-state index contributed by atoms with van der Waals surface area (Å²) < 4.78 is 1.44. The van der Waals surface area contributed by atoms with Crippen LogP contribution in [0.5, 0.6) is 5.75 Å². The van der Waals surface area contributed by atoms with Gasteiger partial charge in [0.1, 0.15) is 5.75 Å². The summed E-state index contributed by atoms with van der Waals surface area (Å²) in [6, 6.07) is 2.95. The number of aromatic hydroxyl groups is 1. The van der Waals surface area contributed by atoms with Crippen molar-refractivity contribution < 1.29 is 19.8 Å². The van der Waals surface area contributed by atoms with Crippen LogP contribution in [0.4, 0.5) is 0 Å². The number of halogens is 2. The van der Waals surface area contributed by atoms with Gasteiger partial charge in [-0.3, -0.25) is 9.59 Å². The average Bonchev–Trinajstić information content (AvgIpc) is 2.33. The smallest absolute Gasteiger partial charge is 0.305 e. The summed E-state index contributed by atoms with van der Waals surface area (Å²) in [5, 5.41) is 18.9. The van der Waals surface area contributed by atoms with Gasteiger partial charge in [-0.1, -0.05) is 0 Å². The van der Waals surface area contributed by atoms with Gasteiger partial charge in [0, 0.05) is 16.2 Å². The number of carbonyl (C=O) groups excluding carboxylic acids is 1. The summed E-state index contributed by atoms with van der Waals surface area (Å²) in [4.78, 5) is 24.7. The molecule has 0 radical (unpaired) electrons. The minimum absolute atomic E-state index is 0.0583. The third-order valence-electron chi connectivity index (χ3n) is 2.86. The second-order valence-corrected chi connectivity index (χ2v) is 6.73. The highest BCUT2D eigenvalue weighted by Crippen LogP contribution is 2.28. The lowest BCUT2D eigenvalue weighted by atomic mass is 10.1. The molecule has 2 N–H and O–H groups in total. The Morgan fingerprint density at radius 1 is 1.35 bits per heavy atom. The first-order valence-electron chi connectivity index (χ1n) is 5.98. The van der Waals surface area contributed by atoms with E-state index in [1.807, 2.05) is 22.6 Å². The Hall–Kier alpha value is -0.580. The van der Waals surface area contributed by atoms with Gasteiger partial charge in [-0.2, -0.15) is 0 Å². The summed E-state index contributed by atoms with van der Waals surface area (Å²) in [7, 11) is 0. The molecule has 1 aromatic carbocycles. The van der Waals surface area contributed by atoms with Crippen LogP contribution in [-0.4, -0.2) is 39.6 Å². The molecule has 1 rings (SSSR count). The van der Waals surface area contributed by atoms with E-state index >= 15 is 0 Å². The molecular formula is C13H15I2NO4. The molecule has 0 fully saturated rings. The van der Waals surface area contributed by atoms with E-state index in [1.165, 1.54) is 4.90 Å². The van der Waals surface area contributed by atoms with Crippen molar-refractivity contribution in [1.82, 2.24) is 4.90 Å². The van der Waals surface area contributed by atoms with Crippen LogP contribution in [0, 0.1) is 7.14 Å². The molecule has 20 heavy (non-hydrogen) atoms. The highest BCUT2D eigenvalue weighted by molar-refractivity contribution is 14.1. The number of hydrogen-bond acceptors (Lipinski definition) is 3. The molecule has 0 aliphatic carbocycles. The number of nitrogens with zero attached hydrogens (tertiary/aromatic N) is 1. The van der Waals surface area contributed by atoms with Gasteiger partial charge in [0.2, 0.25) is 0 Å². The fourth-order valence-electron chi connectivity index (χ4n) is 1.90. The van der Waals surface area contributed by atoms with Gasteiger partial charge in [0.05, 0.1) is 15.6 Å². The van der Waals surface area contributed by atoms with Crippen molar-refractivity contribution in [3.63, 3.8) is 0 Å². The second kappa shape index (κ2) is 7.43. The first kappa shape index (κ1) is 17.5. The Labute approximate surface area is 144 Å². The summed E-state index contributed by atoms with van der Waals surface area (Å²) in [5.41, 5.74) is 0.209. The lowest BCUT2D eigenvalue weighted by Gasteiger charge is -2.27. The van der Waals surface area contributed by atoms with Gasteiger partial charge in [-0.25, -0.2) is 0 Å². The number of phenols is 1. The van der Waals surface area contributed by atoms with Gasteiger partial charge >= 0.3 is 5.97 Å². The first-order chi connectivity index (χ1) is 9.27. The van der Waals surface area contributed by atoms with Gasteiger partial charge in [-0.15, -0.1) is 0 Å². The molecule has 1 aromatic rings. The molecule has 0 bridgehead atoms. The maximum atomic E-state index is 12.5. The molecule has 0 aliphatic heterocycles. The van der Waals surface area contributed by atoms with Crippen molar-refractivity contribution in [2.45, 2.75) is 26.3 Å². The Morgan fingerprint density at radius 2 is 1.95 bits per heavy atom. The van der Waals surface area contributed by atoms with Crippen LogP contribution in [0.15, 0.2) is 12.1 Å². The predicted octanol–water partition coefficient (Wildman–Crippen LogP) is 2.93. The zero-order chi connectivity index (χ0) is 15.4. The van der Waals surface area contributed by atoms with Crippen LogP contribution in [0.25, 0.3) is 0 Å². The van der Waals surface area contributed by atoms with Crippen LogP contribution in [0.3, 0.4) is 0 Å². The predicted molar refractivity (Wildman–Crippen MR) is 92.0 cm³/mol. The van der Waals surface area contributed by atoms with Crippen molar-refractivity contribution >= 4 is 57.1 Å². The first-order valence-corrected chi connectivity index (χ1v) is 8.14. The molecule has 7 heteroatoms. The van der Waals surface area contributed by atoms with E-state index in [2.05, 4.69) is 22.6 Å². The molecular weight excluding hydrogens is 488 g/mol. The van der Waals surface area contributed by atoms with E-state index in [1.54, 1.807) is 26.0 Å². The van der Waals surface area contributed by atoms with E-state index < -0.39 is 12.0 Å². The molecule has 1 amide bonds. The summed E-state index contributed by atoms with van der Waals surface area (Å²) >= 11 is 4.04. The Bertz CT molecular complexity index is 533. The van der Waals surface area contributed by atoms with Crippen LogP contribution in [0.2, 0.25) is 0 Å². The zero-order valence-electron chi connectivity index (χ0n) is 11.1. The lowest BCUT2D eigenvalue weighted by Crippen LogP contribution is -2.39. The summed E-state index contributed by atoms with van der Waals surface area (Å²) in [5.74, 6) is -1.36. The van der Waals surface area contributed by atoms with E-state index in [9.17, 15) is 14.7 Å². The number of benzene rings is 1. The third-order valence-corrected chi connectivity index (χ3v) is 4.31. The molecule has 0 saturated heterocycles. The Kier molecular flexibility index (Phi) is 6.49. The number of carbonyl (C=O) groups is 2. The summed E-state index contributed by atoms with van der Waals surface area (Å²) in [6.45, 7) is 3.85. The molecule has 5 nitrogen and oxygen atoms in total. The van der Waals surface area contributed by atoms with E-state index in [0.717, 1.165) is 3.57 Å². The maximum Gasteiger partial charge on any atom is 0.305 e.